The summed E-state index contributed by atoms with van der Waals surface area (Å²) < 4.78 is 2.05. The van der Waals surface area contributed by atoms with Crippen LogP contribution in [-0.2, 0) is 7.05 Å². The summed E-state index contributed by atoms with van der Waals surface area (Å²) in [5.74, 6) is 1.77. The molecule has 0 N–H and O–H groups in total. The van der Waals surface area contributed by atoms with E-state index in [9.17, 15) is 0 Å². The molecule has 0 saturated carbocycles. The Kier molecular flexibility index (Phi) is 4.93. The first kappa shape index (κ1) is 15.6. The van der Waals surface area contributed by atoms with Crippen LogP contribution in [0, 0.1) is 6.92 Å². The summed E-state index contributed by atoms with van der Waals surface area (Å²) in [5, 5.41) is 9.55. The second-order valence-electron chi connectivity index (χ2n) is 5.36. The highest BCUT2D eigenvalue weighted by Gasteiger charge is 2.10. The van der Waals surface area contributed by atoms with Gasteiger partial charge < -0.3 is 4.57 Å². The molecule has 0 aliphatic heterocycles. The van der Waals surface area contributed by atoms with Crippen LogP contribution in [0.3, 0.4) is 0 Å². The Morgan fingerprint density at radius 2 is 1.74 bits per heavy atom. The predicted octanol–water partition coefficient (Wildman–Crippen LogP) is 4.60. The number of thioether (sulfide) groups is 1. The Morgan fingerprint density at radius 3 is 2.48 bits per heavy atom. The van der Waals surface area contributed by atoms with Gasteiger partial charge in [0.05, 0.1) is 0 Å². The molecule has 0 bridgehead atoms. The summed E-state index contributed by atoms with van der Waals surface area (Å²) in [6.07, 6.45) is 4.28. The number of aryl methyl sites for hydroxylation is 1. The topological polar surface area (TPSA) is 30.7 Å². The quantitative estimate of drug-likeness (QED) is 0.644. The molecule has 116 valence electrons. The third-order valence-corrected chi connectivity index (χ3v) is 4.54. The Labute approximate surface area is 141 Å². The van der Waals surface area contributed by atoms with Crippen LogP contribution < -0.4 is 0 Å². The van der Waals surface area contributed by atoms with Crippen molar-refractivity contribution in [3.8, 4) is 11.4 Å². The molecule has 23 heavy (non-hydrogen) atoms. The molecule has 0 radical (unpaired) electrons. The first-order valence-electron chi connectivity index (χ1n) is 7.55. The normalized spacial score (nSPS) is 11.2. The second-order valence-corrected chi connectivity index (χ2v) is 6.34. The number of aromatic nitrogens is 3. The standard InChI is InChI=1S/C19H19N3S/c1-15-10-12-17(13-11-15)18-20-21-19(22(18)2)23-14-6-9-16-7-4-3-5-8-16/h3-13H,14H2,1-2H3. The van der Waals surface area contributed by atoms with Crippen molar-refractivity contribution in [1.29, 1.82) is 0 Å². The van der Waals surface area contributed by atoms with Crippen LogP contribution in [0.15, 0.2) is 65.8 Å². The Balaban J connectivity index is 1.65. The molecule has 0 aliphatic carbocycles. The highest BCUT2D eigenvalue weighted by Crippen LogP contribution is 2.23. The van der Waals surface area contributed by atoms with E-state index >= 15 is 0 Å². The van der Waals surface area contributed by atoms with Gasteiger partial charge in [0.2, 0.25) is 0 Å². The zero-order chi connectivity index (χ0) is 16.1. The maximum atomic E-state index is 4.32. The fourth-order valence-corrected chi connectivity index (χ4v) is 2.99. The molecule has 3 rings (SSSR count). The van der Waals surface area contributed by atoms with Crippen LogP contribution in [0.4, 0.5) is 0 Å². The van der Waals surface area contributed by atoms with Crippen LogP contribution in [0.5, 0.6) is 0 Å². The third-order valence-electron chi connectivity index (χ3n) is 3.56. The maximum Gasteiger partial charge on any atom is 0.191 e. The Morgan fingerprint density at radius 1 is 1.00 bits per heavy atom. The lowest BCUT2D eigenvalue weighted by atomic mass is 10.1. The number of benzene rings is 2. The largest absolute Gasteiger partial charge is 0.305 e. The molecule has 0 saturated heterocycles. The van der Waals surface area contributed by atoms with Gasteiger partial charge in [-0.05, 0) is 12.5 Å². The summed E-state index contributed by atoms with van der Waals surface area (Å²) in [4.78, 5) is 0. The van der Waals surface area contributed by atoms with Crippen molar-refractivity contribution >= 4 is 17.8 Å². The van der Waals surface area contributed by atoms with Crippen molar-refractivity contribution in [2.75, 3.05) is 5.75 Å². The lowest BCUT2D eigenvalue weighted by molar-refractivity contribution is 0.795. The van der Waals surface area contributed by atoms with Crippen LogP contribution in [0.1, 0.15) is 11.1 Å². The van der Waals surface area contributed by atoms with Crippen LogP contribution in [0.25, 0.3) is 17.5 Å². The zero-order valence-electron chi connectivity index (χ0n) is 13.3. The van der Waals surface area contributed by atoms with E-state index in [1.807, 2.05) is 29.8 Å². The van der Waals surface area contributed by atoms with E-state index in [-0.39, 0.29) is 0 Å². The van der Waals surface area contributed by atoms with Gasteiger partial charge in [-0.3, -0.25) is 0 Å². The molecular formula is C19H19N3S. The van der Waals surface area contributed by atoms with Crippen LogP contribution in [0.2, 0.25) is 0 Å². The van der Waals surface area contributed by atoms with E-state index in [4.69, 9.17) is 0 Å². The highest BCUT2D eigenvalue weighted by atomic mass is 32.2. The van der Waals surface area contributed by atoms with Gasteiger partial charge in [0.25, 0.3) is 0 Å². The van der Waals surface area contributed by atoms with E-state index in [2.05, 4.69) is 65.7 Å². The minimum Gasteiger partial charge on any atom is -0.305 e. The molecule has 0 amide bonds. The van der Waals surface area contributed by atoms with Gasteiger partial charge in [0, 0.05) is 18.4 Å². The van der Waals surface area contributed by atoms with E-state index in [0.29, 0.717) is 0 Å². The average Bonchev–Trinajstić information content (AvgIpc) is 2.94. The number of hydrogen-bond acceptors (Lipinski definition) is 3. The summed E-state index contributed by atoms with van der Waals surface area (Å²) in [7, 11) is 2.01. The molecule has 3 aromatic rings. The van der Waals surface area contributed by atoms with Crippen molar-refractivity contribution in [1.82, 2.24) is 14.8 Å². The molecule has 3 nitrogen and oxygen atoms in total. The minimum atomic E-state index is 0.870. The number of hydrogen-bond donors (Lipinski definition) is 0. The smallest absolute Gasteiger partial charge is 0.191 e. The van der Waals surface area contributed by atoms with Crippen molar-refractivity contribution in [3.63, 3.8) is 0 Å². The van der Waals surface area contributed by atoms with Crippen molar-refractivity contribution in [2.24, 2.45) is 7.05 Å². The molecule has 0 aliphatic rings. The molecule has 0 atom stereocenters. The monoisotopic (exact) mass is 321 g/mol. The van der Waals surface area contributed by atoms with E-state index in [1.165, 1.54) is 11.1 Å². The Bertz CT molecular complexity index is 789. The zero-order valence-corrected chi connectivity index (χ0v) is 14.1. The molecule has 0 fully saturated rings. The van der Waals surface area contributed by atoms with Crippen LogP contribution >= 0.6 is 11.8 Å². The van der Waals surface area contributed by atoms with Gasteiger partial charge >= 0.3 is 0 Å². The summed E-state index contributed by atoms with van der Waals surface area (Å²) in [6.45, 7) is 2.08. The molecule has 1 aromatic heterocycles. The van der Waals surface area contributed by atoms with Gasteiger partial charge in [0.15, 0.2) is 11.0 Å². The van der Waals surface area contributed by atoms with Gasteiger partial charge in [-0.25, -0.2) is 0 Å². The number of rotatable bonds is 5. The SMILES string of the molecule is Cc1ccc(-c2nnc(SCC=Cc3ccccc3)n2C)cc1. The predicted molar refractivity (Wildman–Crippen MR) is 97.4 cm³/mol. The highest BCUT2D eigenvalue weighted by molar-refractivity contribution is 7.99. The van der Waals surface area contributed by atoms with E-state index in [1.54, 1.807) is 11.8 Å². The van der Waals surface area contributed by atoms with Crippen molar-refractivity contribution in [3.05, 3.63) is 71.8 Å². The maximum absolute atomic E-state index is 4.32. The van der Waals surface area contributed by atoms with Gasteiger partial charge in [-0.1, -0.05) is 84.1 Å². The molecule has 0 unspecified atom stereocenters. The van der Waals surface area contributed by atoms with E-state index in [0.717, 1.165) is 22.3 Å². The first-order valence-corrected chi connectivity index (χ1v) is 8.53. The van der Waals surface area contributed by atoms with Crippen molar-refractivity contribution < 1.29 is 0 Å². The van der Waals surface area contributed by atoms with E-state index < -0.39 is 0 Å². The summed E-state index contributed by atoms with van der Waals surface area (Å²) >= 11 is 1.69. The molecule has 2 aromatic carbocycles. The van der Waals surface area contributed by atoms with Gasteiger partial charge in [-0.15, -0.1) is 10.2 Å². The number of nitrogens with zero attached hydrogens (tertiary/aromatic N) is 3. The summed E-state index contributed by atoms with van der Waals surface area (Å²) in [5.41, 5.74) is 3.56. The van der Waals surface area contributed by atoms with Crippen LogP contribution in [-0.4, -0.2) is 20.5 Å². The van der Waals surface area contributed by atoms with Crippen molar-refractivity contribution in [2.45, 2.75) is 12.1 Å². The molecular weight excluding hydrogens is 302 g/mol. The minimum absolute atomic E-state index is 0.870. The average molecular weight is 321 g/mol. The fraction of sp³-hybridized carbons (Fsp3) is 0.158. The third kappa shape index (κ3) is 3.90. The summed E-state index contributed by atoms with van der Waals surface area (Å²) in [6, 6.07) is 18.7. The molecule has 1 heterocycles. The Hall–Kier alpha value is -2.33. The lowest BCUT2D eigenvalue weighted by Crippen LogP contribution is -1.94. The molecule has 0 spiro atoms. The first-order chi connectivity index (χ1) is 11.2. The molecule has 4 heteroatoms. The van der Waals surface area contributed by atoms with Gasteiger partial charge in [-0.2, -0.15) is 0 Å². The van der Waals surface area contributed by atoms with Gasteiger partial charge in [0.1, 0.15) is 0 Å². The fourth-order valence-electron chi connectivity index (χ4n) is 2.27. The second kappa shape index (κ2) is 7.29. The lowest BCUT2D eigenvalue weighted by Gasteiger charge is -2.03.